The van der Waals surface area contributed by atoms with Crippen molar-refractivity contribution in [1.29, 1.82) is 0 Å². The van der Waals surface area contributed by atoms with Crippen molar-refractivity contribution in [3.63, 3.8) is 0 Å². The van der Waals surface area contributed by atoms with Gasteiger partial charge in [-0.25, -0.2) is 4.79 Å². The van der Waals surface area contributed by atoms with Crippen LogP contribution in [0.3, 0.4) is 0 Å². The van der Waals surface area contributed by atoms with Crippen molar-refractivity contribution in [2.75, 3.05) is 11.9 Å². The first-order chi connectivity index (χ1) is 5.63. The van der Waals surface area contributed by atoms with Gasteiger partial charge in [-0.15, -0.1) is 12.6 Å². The number of hydrogen-bond donors (Lipinski definition) is 2. The molecule has 0 radical (unpaired) electrons. The second-order valence-corrected chi connectivity index (χ2v) is 2.87. The van der Waals surface area contributed by atoms with E-state index >= 15 is 0 Å². The number of hydrogen-bond acceptors (Lipinski definition) is 2. The van der Waals surface area contributed by atoms with Crippen LogP contribution in [0.1, 0.15) is 0 Å². The predicted molar refractivity (Wildman–Crippen MR) is 51.7 cm³/mol. The van der Waals surface area contributed by atoms with Crippen molar-refractivity contribution < 1.29 is 4.79 Å². The third-order valence-corrected chi connectivity index (χ3v) is 1.95. The van der Waals surface area contributed by atoms with E-state index in [4.69, 9.17) is 5.73 Å². The van der Waals surface area contributed by atoms with E-state index in [-0.39, 0.29) is 0 Å². The molecule has 0 aliphatic rings. The minimum Gasteiger partial charge on any atom is -0.351 e. The summed E-state index contributed by atoms with van der Waals surface area (Å²) in [6.07, 6.45) is 0. The van der Waals surface area contributed by atoms with Gasteiger partial charge >= 0.3 is 6.03 Å². The molecular formula is C8H10N2OS. The molecule has 0 fully saturated rings. The quantitative estimate of drug-likeness (QED) is 0.635. The smallest absolute Gasteiger partial charge is 0.319 e. The van der Waals surface area contributed by atoms with E-state index in [2.05, 4.69) is 12.6 Å². The number of para-hydroxylation sites is 1. The lowest BCUT2D eigenvalue weighted by atomic mass is 10.3. The van der Waals surface area contributed by atoms with Gasteiger partial charge in [-0.1, -0.05) is 12.1 Å². The number of nitrogens with two attached hydrogens (primary N) is 1. The molecule has 12 heavy (non-hydrogen) atoms. The van der Waals surface area contributed by atoms with Crippen molar-refractivity contribution >= 4 is 24.3 Å². The number of anilines is 1. The Balaban J connectivity index is 3.02. The fourth-order valence-corrected chi connectivity index (χ4v) is 1.18. The molecule has 0 atom stereocenters. The van der Waals surface area contributed by atoms with Crippen LogP contribution >= 0.6 is 12.6 Å². The molecule has 0 aliphatic carbocycles. The number of urea groups is 1. The van der Waals surface area contributed by atoms with Crippen LogP contribution in [-0.2, 0) is 0 Å². The van der Waals surface area contributed by atoms with E-state index in [9.17, 15) is 4.79 Å². The molecule has 2 amide bonds. The van der Waals surface area contributed by atoms with Gasteiger partial charge in [0.25, 0.3) is 0 Å². The molecule has 0 aliphatic heterocycles. The van der Waals surface area contributed by atoms with Gasteiger partial charge in [0.05, 0.1) is 5.69 Å². The van der Waals surface area contributed by atoms with E-state index in [0.29, 0.717) is 5.69 Å². The lowest BCUT2D eigenvalue weighted by molar-refractivity contribution is 0.255. The van der Waals surface area contributed by atoms with E-state index in [0.717, 1.165) is 4.90 Å². The monoisotopic (exact) mass is 182 g/mol. The second kappa shape index (κ2) is 3.49. The number of thiol groups is 1. The molecule has 4 heteroatoms. The van der Waals surface area contributed by atoms with Crippen molar-refractivity contribution in [1.82, 2.24) is 0 Å². The first-order valence-electron chi connectivity index (χ1n) is 3.44. The Morgan fingerprint density at radius 1 is 1.50 bits per heavy atom. The van der Waals surface area contributed by atoms with Crippen molar-refractivity contribution in [2.24, 2.45) is 5.73 Å². The van der Waals surface area contributed by atoms with Crippen molar-refractivity contribution in [2.45, 2.75) is 4.90 Å². The third kappa shape index (κ3) is 1.71. The molecule has 0 heterocycles. The lowest BCUT2D eigenvalue weighted by Gasteiger charge is -2.15. The van der Waals surface area contributed by atoms with Gasteiger partial charge < -0.3 is 5.73 Å². The summed E-state index contributed by atoms with van der Waals surface area (Å²) >= 11 is 4.18. The molecular weight excluding hydrogens is 172 g/mol. The topological polar surface area (TPSA) is 46.3 Å². The zero-order valence-corrected chi connectivity index (χ0v) is 7.58. The Hall–Kier alpha value is -1.16. The molecule has 0 spiro atoms. The van der Waals surface area contributed by atoms with Crippen LogP contribution in [0.5, 0.6) is 0 Å². The van der Waals surface area contributed by atoms with Gasteiger partial charge in [0, 0.05) is 11.9 Å². The fourth-order valence-electron chi connectivity index (χ4n) is 0.867. The first-order valence-corrected chi connectivity index (χ1v) is 3.89. The van der Waals surface area contributed by atoms with Crippen LogP contribution in [0.4, 0.5) is 10.5 Å². The number of carbonyl (C=O) groups excluding carboxylic acids is 1. The van der Waals surface area contributed by atoms with Gasteiger partial charge in [0.1, 0.15) is 0 Å². The molecule has 0 aromatic heterocycles. The van der Waals surface area contributed by atoms with Gasteiger partial charge in [0.2, 0.25) is 0 Å². The molecule has 64 valence electrons. The average Bonchev–Trinajstić information content (AvgIpc) is 2.04. The standard InChI is InChI=1S/C8H10N2OS/c1-10(8(9)11)6-4-2-3-5-7(6)12/h2-5,12H,1H3,(H2,9,11). The predicted octanol–water partition coefficient (Wildman–Crippen LogP) is 1.49. The SMILES string of the molecule is CN(C(N)=O)c1ccccc1S. The van der Waals surface area contributed by atoms with Crippen LogP contribution in [0.2, 0.25) is 0 Å². The summed E-state index contributed by atoms with van der Waals surface area (Å²) in [5.41, 5.74) is 5.81. The highest BCUT2D eigenvalue weighted by Crippen LogP contribution is 2.21. The molecule has 0 unspecified atom stereocenters. The zero-order valence-electron chi connectivity index (χ0n) is 6.69. The molecule has 1 rings (SSSR count). The number of rotatable bonds is 1. The molecule has 2 N–H and O–H groups in total. The summed E-state index contributed by atoms with van der Waals surface area (Å²) in [5, 5.41) is 0. The number of carbonyl (C=O) groups is 1. The van der Waals surface area contributed by atoms with Crippen LogP contribution in [0.15, 0.2) is 29.2 Å². The van der Waals surface area contributed by atoms with E-state index in [1.165, 1.54) is 4.90 Å². The fraction of sp³-hybridized carbons (Fsp3) is 0.125. The maximum atomic E-state index is 10.8. The highest BCUT2D eigenvalue weighted by Gasteiger charge is 2.07. The zero-order chi connectivity index (χ0) is 9.14. The lowest BCUT2D eigenvalue weighted by Crippen LogP contribution is -2.31. The summed E-state index contributed by atoms with van der Waals surface area (Å²) in [6, 6.07) is 6.77. The first kappa shape index (κ1) is 8.93. The van der Waals surface area contributed by atoms with Crippen LogP contribution < -0.4 is 10.6 Å². The highest BCUT2D eigenvalue weighted by molar-refractivity contribution is 7.80. The van der Waals surface area contributed by atoms with E-state index < -0.39 is 6.03 Å². The largest absolute Gasteiger partial charge is 0.351 e. The van der Waals surface area contributed by atoms with E-state index in [1.54, 1.807) is 19.2 Å². The van der Waals surface area contributed by atoms with Crippen LogP contribution in [-0.4, -0.2) is 13.1 Å². The maximum absolute atomic E-state index is 10.8. The molecule has 1 aromatic rings. The molecule has 0 saturated carbocycles. The maximum Gasteiger partial charge on any atom is 0.319 e. The Morgan fingerprint density at radius 2 is 2.08 bits per heavy atom. The summed E-state index contributed by atoms with van der Waals surface area (Å²) in [6.45, 7) is 0. The molecule has 3 nitrogen and oxygen atoms in total. The number of primary amides is 1. The molecule has 0 saturated heterocycles. The van der Waals surface area contributed by atoms with Gasteiger partial charge in [-0.05, 0) is 12.1 Å². The summed E-state index contributed by atoms with van der Waals surface area (Å²) in [7, 11) is 1.61. The van der Waals surface area contributed by atoms with Gasteiger partial charge in [0.15, 0.2) is 0 Å². The Kier molecular flexibility index (Phi) is 2.60. The summed E-state index contributed by atoms with van der Waals surface area (Å²) in [5.74, 6) is 0. The van der Waals surface area contributed by atoms with Gasteiger partial charge in [-0.3, -0.25) is 4.90 Å². The average molecular weight is 182 g/mol. The Bertz CT molecular complexity index is 301. The number of amides is 2. The summed E-state index contributed by atoms with van der Waals surface area (Å²) in [4.78, 5) is 12.9. The summed E-state index contributed by atoms with van der Waals surface area (Å²) < 4.78 is 0. The Labute approximate surface area is 76.6 Å². The third-order valence-electron chi connectivity index (χ3n) is 1.57. The number of benzene rings is 1. The second-order valence-electron chi connectivity index (χ2n) is 2.39. The Morgan fingerprint density at radius 3 is 2.58 bits per heavy atom. The van der Waals surface area contributed by atoms with Crippen LogP contribution in [0, 0.1) is 0 Å². The van der Waals surface area contributed by atoms with E-state index in [1.807, 2.05) is 12.1 Å². The van der Waals surface area contributed by atoms with Gasteiger partial charge in [-0.2, -0.15) is 0 Å². The minimum absolute atomic E-state index is 0.489. The minimum atomic E-state index is -0.489. The van der Waals surface area contributed by atoms with Crippen LogP contribution in [0.25, 0.3) is 0 Å². The van der Waals surface area contributed by atoms with Crippen molar-refractivity contribution in [3.05, 3.63) is 24.3 Å². The molecule has 1 aromatic carbocycles. The highest BCUT2D eigenvalue weighted by atomic mass is 32.1. The molecule has 0 bridgehead atoms. The number of nitrogens with zero attached hydrogens (tertiary/aromatic N) is 1. The normalized spacial score (nSPS) is 9.50. The van der Waals surface area contributed by atoms with Crippen molar-refractivity contribution in [3.8, 4) is 0 Å².